The maximum atomic E-state index is 14.6. The molecule has 2 heterocycles. The van der Waals surface area contributed by atoms with Crippen molar-refractivity contribution >= 4 is 40.6 Å². The van der Waals surface area contributed by atoms with E-state index < -0.39 is 7.14 Å². The number of allylic oxidation sites excluding steroid dienone is 4. The molecule has 1 fully saturated rings. The van der Waals surface area contributed by atoms with Crippen molar-refractivity contribution in [3.63, 3.8) is 0 Å². The Morgan fingerprint density at radius 2 is 1.79 bits per heavy atom. The number of rotatable bonds is 2. The normalized spacial score (nSPS) is 23.6. The van der Waals surface area contributed by atoms with Crippen LogP contribution in [0.15, 0.2) is 77.1 Å². The van der Waals surface area contributed by atoms with Crippen LogP contribution in [0.3, 0.4) is 0 Å². The number of carbonyl (C=O) groups is 1. The second-order valence-electron chi connectivity index (χ2n) is 6.98. The minimum atomic E-state index is -3.20. The van der Waals surface area contributed by atoms with Crippen LogP contribution in [0.4, 0.5) is 11.4 Å². The van der Waals surface area contributed by atoms with Crippen molar-refractivity contribution in [1.29, 1.82) is 0 Å². The van der Waals surface area contributed by atoms with Crippen LogP contribution in [0.5, 0.6) is 0 Å². The summed E-state index contributed by atoms with van der Waals surface area (Å²) in [6, 6.07) is 15.4. The lowest BCUT2D eigenvalue weighted by molar-refractivity contribution is -0.110. The highest BCUT2D eigenvalue weighted by Crippen LogP contribution is 2.57. The summed E-state index contributed by atoms with van der Waals surface area (Å²) in [7, 11) is -3.20. The Balaban J connectivity index is 1.74. The van der Waals surface area contributed by atoms with Crippen molar-refractivity contribution in [3.8, 4) is 0 Å². The second-order valence-corrected chi connectivity index (χ2v) is 9.68. The lowest BCUT2D eigenvalue weighted by atomic mass is 10.1. The molecule has 0 saturated carbocycles. The Bertz CT molecular complexity index is 1100. The van der Waals surface area contributed by atoms with E-state index in [4.69, 9.17) is 9.73 Å². The largest absolute Gasteiger partial charge is 0.378 e. The van der Waals surface area contributed by atoms with Crippen molar-refractivity contribution in [2.45, 2.75) is 0 Å². The van der Waals surface area contributed by atoms with Gasteiger partial charge in [0.1, 0.15) is 0 Å². The molecule has 1 aliphatic carbocycles. The summed E-state index contributed by atoms with van der Waals surface area (Å²) in [5.41, 5.74) is 2.32. The number of hydrogen-bond acceptors (Lipinski definition) is 5. The van der Waals surface area contributed by atoms with E-state index in [1.54, 1.807) is 6.08 Å². The van der Waals surface area contributed by atoms with Gasteiger partial charge in [-0.2, -0.15) is 0 Å². The van der Waals surface area contributed by atoms with E-state index in [2.05, 4.69) is 4.90 Å². The van der Waals surface area contributed by atoms with E-state index in [9.17, 15) is 9.36 Å². The monoisotopic (exact) mass is 390 g/mol. The molecule has 2 aromatic carbocycles. The predicted molar refractivity (Wildman–Crippen MR) is 112 cm³/mol. The van der Waals surface area contributed by atoms with Gasteiger partial charge in [-0.1, -0.05) is 30.3 Å². The molecule has 140 valence electrons. The third-order valence-corrected chi connectivity index (χ3v) is 8.42. The van der Waals surface area contributed by atoms with E-state index in [0.717, 1.165) is 24.1 Å². The average molecular weight is 390 g/mol. The first-order valence-electron chi connectivity index (χ1n) is 9.32. The maximum absolute atomic E-state index is 14.6. The highest BCUT2D eigenvalue weighted by Gasteiger charge is 2.40. The number of aliphatic imine (C=N–C) groups is 1. The fourth-order valence-electron chi connectivity index (χ4n) is 3.90. The van der Waals surface area contributed by atoms with Crippen molar-refractivity contribution in [1.82, 2.24) is 0 Å². The Morgan fingerprint density at radius 1 is 1.00 bits per heavy atom. The summed E-state index contributed by atoms with van der Waals surface area (Å²) in [6.07, 6.45) is 4.63. The molecule has 1 unspecified atom stereocenters. The number of ether oxygens (including phenoxy) is 1. The molecule has 3 aliphatic rings. The zero-order valence-corrected chi connectivity index (χ0v) is 16.1. The summed E-state index contributed by atoms with van der Waals surface area (Å²) in [4.78, 5) is 19.0. The highest BCUT2D eigenvalue weighted by molar-refractivity contribution is 7.84. The predicted octanol–water partition coefficient (Wildman–Crippen LogP) is 2.95. The molecule has 28 heavy (non-hydrogen) atoms. The molecule has 1 saturated heterocycles. The zero-order chi connectivity index (χ0) is 19.1. The molecule has 5 rings (SSSR count). The number of ketones is 1. The van der Waals surface area contributed by atoms with Gasteiger partial charge in [-0.15, -0.1) is 0 Å². The van der Waals surface area contributed by atoms with Crippen molar-refractivity contribution < 1.29 is 14.1 Å². The summed E-state index contributed by atoms with van der Waals surface area (Å²) in [5.74, 6) is -0.155. The second kappa shape index (κ2) is 6.69. The van der Waals surface area contributed by atoms with Gasteiger partial charge in [0.2, 0.25) is 0 Å². The summed E-state index contributed by atoms with van der Waals surface area (Å²) < 4.78 is 20.1. The van der Waals surface area contributed by atoms with Gasteiger partial charge in [-0.3, -0.25) is 4.79 Å². The van der Waals surface area contributed by atoms with Crippen LogP contribution in [0.2, 0.25) is 0 Å². The molecule has 2 aromatic rings. The molecule has 0 spiro atoms. The maximum Gasteiger partial charge on any atom is 0.179 e. The van der Waals surface area contributed by atoms with Gasteiger partial charge in [0.25, 0.3) is 0 Å². The first-order valence-corrected chi connectivity index (χ1v) is 11.0. The van der Waals surface area contributed by atoms with Crippen molar-refractivity contribution in [3.05, 3.63) is 72.1 Å². The zero-order valence-electron chi connectivity index (χ0n) is 15.2. The molecule has 6 heteroatoms. The van der Waals surface area contributed by atoms with Crippen LogP contribution in [0.1, 0.15) is 0 Å². The van der Waals surface area contributed by atoms with Crippen LogP contribution in [-0.4, -0.2) is 37.8 Å². The van der Waals surface area contributed by atoms with E-state index >= 15 is 0 Å². The van der Waals surface area contributed by atoms with Crippen molar-refractivity contribution in [2.75, 3.05) is 31.2 Å². The minimum absolute atomic E-state index is 0.155. The fraction of sp³-hybridized carbons (Fsp3) is 0.182. The third-order valence-electron chi connectivity index (χ3n) is 5.32. The van der Waals surface area contributed by atoms with Crippen LogP contribution in [0.25, 0.3) is 0 Å². The fourth-order valence-corrected chi connectivity index (χ4v) is 6.83. The molecule has 0 amide bonds. The first kappa shape index (κ1) is 17.4. The summed E-state index contributed by atoms with van der Waals surface area (Å²) >= 11 is 0. The molecule has 0 radical (unpaired) electrons. The molecular weight excluding hydrogens is 371 g/mol. The third kappa shape index (κ3) is 2.70. The Kier molecular flexibility index (Phi) is 4.15. The van der Waals surface area contributed by atoms with E-state index in [-0.39, 0.29) is 5.78 Å². The molecule has 5 nitrogen and oxygen atoms in total. The van der Waals surface area contributed by atoms with Gasteiger partial charge in [0, 0.05) is 34.7 Å². The molecule has 2 aliphatic heterocycles. The molecular formula is C22H19N2O3P. The molecule has 0 N–H and O–H groups in total. The standard InChI is InChI=1S/C22H19N2O3P/c25-17-7-9-20-22(15-17)28(26,18-4-2-1-3-5-18)21-14-16(6-8-19(21)23-20)24-10-12-27-13-11-24/h1-9,14-15H,10-13H2. The molecule has 0 aromatic heterocycles. The van der Waals surface area contributed by atoms with Crippen LogP contribution < -0.4 is 15.5 Å². The molecule has 1 atom stereocenters. The number of morpholine rings is 1. The summed E-state index contributed by atoms with van der Waals surface area (Å²) in [5, 5.41) is 1.94. The lowest BCUT2D eigenvalue weighted by Crippen LogP contribution is -2.37. The Morgan fingerprint density at radius 3 is 2.57 bits per heavy atom. The van der Waals surface area contributed by atoms with Crippen LogP contribution in [-0.2, 0) is 14.1 Å². The van der Waals surface area contributed by atoms with Gasteiger partial charge < -0.3 is 14.2 Å². The van der Waals surface area contributed by atoms with Gasteiger partial charge in [0.05, 0.1) is 24.6 Å². The van der Waals surface area contributed by atoms with Gasteiger partial charge >= 0.3 is 0 Å². The van der Waals surface area contributed by atoms with Crippen LogP contribution >= 0.6 is 7.14 Å². The number of anilines is 1. The van der Waals surface area contributed by atoms with Crippen LogP contribution in [0, 0.1) is 0 Å². The van der Waals surface area contributed by atoms with Crippen molar-refractivity contribution in [2.24, 2.45) is 4.99 Å². The minimum Gasteiger partial charge on any atom is -0.378 e. The Labute approximate surface area is 163 Å². The van der Waals surface area contributed by atoms with E-state index in [0.29, 0.717) is 35.2 Å². The van der Waals surface area contributed by atoms with Gasteiger partial charge in [-0.05, 0) is 36.4 Å². The van der Waals surface area contributed by atoms with E-state index in [1.807, 2.05) is 48.5 Å². The number of benzene rings is 2. The SMILES string of the molecule is O=C1C=CC2=Nc3ccc(N4CCOCC4)cc3P(=O)(c3ccccc3)C2=C1. The number of fused-ring (bicyclic) bond motifs is 2. The topological polar surface area (TPSA) is 59.0 Å². The highest BCUT2D eigenvalue weighted by atomic mass is 31.2. The van der Waals surface area contributed by atoms with E-state index in [1.165, 1.54) is 12.2 Å². The first-order chi connectivity index (χ1) is 13.7. The number of hydrogen-bond donors (Lipinski definition) is 0. The van der Waals surface area contributed by atoms with Gasteiger partial charge in [-0.25, -0.2) is 4.99 Å². The smallest absolute Gasteiger partial charge is 0.179 e. The quantitative estimate of drug-likeness (QED) is 0.584. The number of nitrogens with zero attached hydrogens (tertiary/aromatic N) is 2. The van der Waals surface area contributed by atoms with Gasteiger partial charge in [0.15, 0.2) is 12.9 Å². The number of carbonyl (C=O) groups excluding carboxylic acids is 1. The molecule has 0 bridgehead atoms. The lowest BCUT2D eigenvalue weighted by Gasteiger charge is -2.32. The average Bonchev–Trinajstić information content (AvgIpc) is 2.75. The Hall–Kier alpha value is -2.75. The summed E-state index contributed by atoms with van der Waals surface area (Å²) in [6.45, 7) is 2.96.